The van der Waals surface area contributed by atoms with Gasteiger partial charge in [0.15, 0.2) is 0 Å². The van der Waals surface area contributed by atoms with Gasteiger partial charge in [0.25, 0.3) is 0 Å². The van der Waals surface area contributed by atoms with E-state index in [1.807, 2.05) is 24.3 Å². The maximum atomic E-state index is 8.70. The van der Waals surface area contributed by atoms with Crippen molar-refractivity contribution < 1.29 is 5.11 Å². The Labute approximate surface area is 117 Å². The molecule has 0 unspecified atom stereocenters. The molecule has 1 heterocycles. The van der Waals surface area contributed by atoms with Gasteiger partial charge in [0, 0.05) is 35.0 Å². The zero-order chi connectivity index (χ0) is 13.3. The average Bonchev–Trinajstić information content (AvgIpc) is 2.47. The van der Waals surface area contributed by atoms with Gasteiger partial charge < -0.3 is 5.11 Å². The second-order valence-corrected chi connectivity index (χ2v) is 5.00. The van der Waals surface area contributed by atoms with Crippen LogP contribution < -0.4 is 0 Å². The molecule has 0 atom stereocenters. The number of benzene rings is 1. The van der Waals surface area contributed by atoms with Crippen molar-refractivity contribution in [3.8, 4) is 11.8 Å². The van der Waals surface area contributed by atoms with Crippen LogP contribution in [-0.4, -0.2) is 16.7 Å². The largest absolute Gasteiger partial charge is 0.395 e. The molecule has 2 rings (SSSR count). The van der Waals surface area contributed by atoms with Gasteiger partial charge in [-0.05, 0) is 29.8 Å². The lowest BCUT2D eigenvalue weighted by molar-refractivity contribution is 0.305. The lowest BCUT2D eigenvalue weighted by Crippen LogP contribution is -1.83. The number of rotatable bonds is 4. The summed E-state index contributed by atoms with van der Waals surface area (Å²) in [7, 11) is 0. The van der Waals surface area contributed by atoms with Gasteiger partial charge in [-0.25, -0.2) is 0 Å². The quantitative estimate of drug-likeness (QED) is 0.684. The Kier molecular flexibility index (Phi) is 5.49. The predicted octanol–water partition coefficient (Wildman–Crippen LogP) is 3.11. The standard InChI is InChI=1S/C16H15NOS/c18-11-2-1-4-14-5-3-6-15(12-14)13-19-16-7-9-17-10-8-16/h3,5-10,12,18H,2,11,13H2. The van der Waals surface area contributed by atoms with E-state index in [1.54, 1.807) is 24.2 Å². The molecule has 19 heavy (non-hydrogen) atoms. The van der Waals surface area contributed by atoms with Crippen molar-refractivity contribution in [2.75, 3.05) is 6.61 Å². The molecule has 2 aromatic rings. The van der Waals surface area contributed by atoms with E-state index in [0.717, 1.165) is 11.3 Å². The summed E-state index contributed by atoms with van der Waals surface area (Å²) in [6.45, 7) is 0.116. The van der Waals surface area contributed by atoms with Crippen LogP contribution in [0.25, 0.3) is 0 Å². The maximum Gasteiger partial charge on any atom is 0.0540 e. The summed E-state index contributed by atoms with van der Waals surface area (Å²) in [6, 6.07) is 12.2. The molecule has 0 aliphatic carbocycles. The van der Waals surface area contributed by atoms with Gasteiger partial charge in [-0.1, -0.05) is 24.0 Å². The lowest BCUT2D eigenvalue weighted by Gasteiger charge is -2.02. The minimum atomic E-state index is 0.116. The third kappa shape index (κ3) is 4.78. The molecule has 0 saturated carbocycles. The van der Waals surface area contributed by atoms with Gasteiger partial charge in [-0.15, -0.1) is 11.8 Å². The van der Waals surface area contributed by atoms with E-state index >= 15 is 0 Å². The zero-order valence-electron chi connectivity index (χ0n) is 10.5. The Morgan fingerprint density at radius 1 is 1.16 bits per heavy atom. The van der Waals surface area contributed by atoms with E-state index < -0.39 is 0 Å². The molecular formula is C16H15NOS. The molecule has 0 saturated heterocycles. The molecule has 0 aliphatic rings. The van der Waals surface area contributed by atoms with Gasteiger partial charge in [0.2, 0.25) is 0 Å². The Morgan fingerprint density at radius 2 is 2.00 bits per heavy atom. The lowest BCUT2D eigenvalue weighted by atomic mass is 10.1. The number of pyridine rings is 1. The summed E-state index contributed by atoms with van der Waals surface area (Å²) in [6.07, 6.45) is 4.13. The fraction of sp³-hybridized carbons (Fsp3) is 0.188. The molecule has 0 bridgehead atoms. The molecule has 1 aromatic carbocycles. The first-order valence-corrected chi connectivity index (χ1v) is 7.08. The van der Waals surface area contributed by atoms with Crippen LogP contribution in [0, 0.1) is 11.8 Å². The van der Waals surface area contributed by atoms with Crippen molar-refractivity contribution in [1.29, 1.82) is 0 Å². The van der Waals surface area contributed by atoms with Crippen molar-refractivity contribution in [2.24, 2.45) is 0 Å². The molecule has 96 valence electrons. The van der Waals surface area contributed by atoms with Crippen LogP contribution >= 0.6 is 11.8 Å². The fourth-order valence-electron chi connectivity index (χ4n) is 1.56. The van der Waals surface area contributed by atoms with Crippen LogP contribution in [0.5, 0.6) is 0 Å². The van der Waals surface area contributed by atoms with E-state index in [0.29, 0.717) is 6.42 Å². The van der Waals surface area contributed by atoms with Crippen molar-refractivity contribution in [2.45, 2.75) is 17.1 Å². The maximum absolute atomic E-state index is 8.70. The van der Waals surface area contributed by atoms with Gasteiger partial charge in [0.1, 0.15) is 0 Å². The minimum absolute atomic E-state index is 0.116. The molecule has 0 aliphatic heterocycles. The second kappa shape index (κ2) is 7.63. The number of aromatic nitrogens is 1. The Balaban J connectivity index is 1.98. The number of hydrogen-bond acceptors (Lipinski definition) is 3. The highest BCUT2D eigenvalue weighted by Gasteiger charge is 1.97. The number of nitrogens with zero attached hydrogens (tertiary/aromatic N) is 1. The summed E-state index contributed by atoms with van der Waals surface area (Å²) in [4.78, 5) is 5.22. The molecule has 0 spiro atoms. The molecule has 1 N–H and O–H groups in total. The van der Waals surface area contributed by atoms with Gasteiger partial charge >= 0.3 is 0 Å². The molecule has 3 heteroatoms. The van der Waals surface area contributed by atoms with E-state index in [2.05, 4.69) is 29.0 Å². The average molecular weight is 269 g/mol. The Morgan fingerprint density at radius 3 is 2.79 bits per heavy atom. The van der Waals surface area contributed by atoms with E-state index in [1.165, 1.54) is 10.5 Å². The SMILES string of the molecule is OCCC#Cc1cccc(CSc2ccncc2)c1. The number of thioether (sulfide) groups is 1. The van der Waals surface area contributed by atoms with E-state index in [-0.39, 0.29) is 6.61 Å². The van der Waals surface area contributed by atoms with Crippen LogP contribution in [0.3, 0.4) is 0 Å². The Bertz CT molecular complexity index is 572. The highest BCUT2D eigenvalue weighted by Crippen LogP contribution is 2.22. The molecule has 0 radical (unpaired) electrons. The molecule has 0 fully saturated rings. The van der Waals surface area contributed by atoms with Crippen LogP contribution in [0.4, 0.5) is 0 Å². The van der Waals surface area contributed by atoms with Crippen LogP contribution in [0.1, 0.15) is 17.5 Å². The first-order valence-electron chi connectivity index (χ1n) is 6.10. The van der Waals surface area contributed by atoms with Crippen molar-refractivity contribution in [1.82, 2.24) is 4.98 Å². The van der Waals surface area contributed by atoms with E-state index in [9.17, 15) is 0 Å². The molecule has 0 amide bonds. The first-order chi connectivity index (χ1) is 9.38. The van der Waals surface area contributed by atoms with Crippen molar-refractivity contribution in [3.63, 3.8) is 0 Å². The molecule has 1 aromatic heterocycles. The fourth-order valence-corrected chi connectivity index (χ4v) is 2.39. The highest BCUT2D eigenvalue weighted by atomic mass is 32.2. The van der Waals surface area contributed by atoms with Gasteiger partial charge in [-0.3, -0.25) is 4.98 Å². The van der Waals surface area contributed by atoms with Gasteiger partial charge in [-0.2, -0.15) is 0 Å². The summed E-state index contributed by atoms with van der Waals surface area (Å²) < 4.78 is 0. The van der Waals surface area contributed by atoms with Crippen molar-refractivity contribution in [3.05, 3.63) is 59.9 Å². The molecule has 2 nitrogen and oxygen atoms in total. The third-order valence-corrected chi connectivity index (χ3v) is 3.53. The zero-order valence-corrected chi connectivity index (χ0v) is 11.4. The smallest absolute Gasteiger partial charge is 0.0540 e. The summed E-state index contributed by atoms with van der Waals surface area (Å²) >= 11 is 1.78. The van der Waals surface area contributed by atoms with Crippen LogP contribution in [-0.2, 0) is 5.75 Å². The van der Waals surface area contributed by atoms with Crippen molar-refractivity contribution >= 4 is 11.8 Å². The highest BCUT2D eigenvalue weighted by molar-refractivity contribution is 7.98. The molecular weight excluding hydrogens is 254 g/mol. The van der Waals surface area contributed by atoms with Crippen LogP contribution in [0.15, 0.2) is 53.7 Å². The van der Waals surface area contributed by atoms with Crippen LogP contribution in [0.2, 0.25) is 0 Å². The number of aliphatic hydroxyl groups excluding tert-OH is 1. The Hall–Kier alpha value is -1.76. The normalized spacial score (nSPS) is 9.74. The first kappa shape index (κ1) is 13.7. The second-order valence-electron chi connectivity index (χ2n) is 3.95. The van der Waals surface area contributed by atoms with Gasteiger partial charge in [0.05, 0.1) is 6.61 Å². The summed E-state index contributed by atoms with van der Waals surface area (Å²) in [5.41, 5.74) is 2.25. The third-order valence-electron chi connectivity index (χ3n) is 2.45. The summed E-state index contributed by atoms with van der Waals surface area (Å²) in [5.74, 6) is 6.91. The summed E-state index contributed by atoms with van der Waals surface area (Å²) in [5, 5.41) is 8.70. The minimum Gasteiger partial charge on any atom is -0.395 e. The predicted molar refractivity (Wildman–Crippen MR) is 78.8 cm³/mol. The monoisotopic (exact) mass is 269 g/mol. The van der Waals surface area contributed by atoms with E-state index in [4.69, 9.17) is 5.11 Å². The topological polar surface area (TPSA) is 33.1 Å². The number of aliphatic hydroxyl groups is 1. The number of hydrogen-bond donors (Lipinski definition) is 1.